The standard InChI is InChI=1S/C14H17N5O3/c1-21-11-7-12(22-2)18-13(17-11)19-14(20)16-10-6-4-3-5-9(10)8-15/h3-7H,8,15H2,1-2H3,(H2,16,17,18,19,20). The number of amides is 2. The van der Waals surface area contributed by atoms with Crippen LogP contribution in [-0.4, -0.2) is 30.2 Å². The average Bonchev–Trinajstić information content (AvgIpc) is 2.54. The lowest BCUT2D eigenvalue weighted by Gasteiger charge is -2.11. The zero-order valence-corrected chi connectivity index (χ0v) is 12.3. The van der Waals surface area contributed by atoms with Gasteiger partial charge in [0.2, 0.25) is 17.7 Å². The van der Waals surface area contributed by atoms with Crippen LogP contribution in [-0.2, 0) is 6.54 Å². The van der Waals surface area contributed by atoms with Gasteiger partial charge in [-0.25, -0.2) is 4.79 Å². The minimum Gasteiger partial charge on any atom is -0.481 e. The van der Waals surface area contributed by atoms with E-state index in [1.54, 1.807) is 12.1 Å². The van der Waals surface area contributed by atoms with Crippen LogP contribution in [0.4, 0.5) is 16.4 Å². The van der Waals surface area contributed by atoms with E-state index in [-0.39, 0.29) is 17.7 Å². The molecule has 4 N–H and O–H groups in total. The van der Waals surface area contributed by atoms with Gasteiger partial charge in [-0.15, -0.1) is 0 Å². The van der Waals surface area contributed by atoms with Crippen LogP contribution in [0.3, 0.4) is 0 Å². The van der Waals surface area contributed by atoms with Gasteiger partial charge in [-0.1, -0.05) is 18.2 Å². The van der Waals surface area contributed by atoms with E-state index >= 15 is 0 Å². The summed E-state index contributed by atoms with van der Waals surface area (Å²) < 4.78 is 10.0. The topological polar surface area (TPSA) is 111 Å². The van der Waals surface area contributed by atoms with Gasteiger partial charge in [0.1, 0.15) is 0 Å². The van der Waals surface area contributed by atoms with Crippen LogP contribution < -0.4 is 25.8 Å². The Bertz CT molecular complexity index is 640. The van der Waals surface area contributed by atoms with Crippen LogP contribution in [0.2, 0.25) is 0 Å². The van der Waals surface area contributed by atoms with E-state index in [9.17, 15) is 4.79 Å². The summed E-state index contributed by atoms with van der Waals surface area (Å²) in [6.07, 6.45) is 0. The van der Waals surface area contributed by atoms with Crippen molar-refractivity contribution in [2.75, 3.05) is 24.9 Å². The van der Waals surface area contributed by atoms with Gasteiger partial charge >= 0.3 is 6.03 Å². The fourth-order valence-electron chi connectivity index (χ4n) is 1.74. The highest BCUT2D eigenvalue weighted by molar-refractivity contribution is 5.99. The summed E-state index contributed by atoms with van der Waals surface area (Å²) in [5, 5.41) is 5.21. The molecule has 2 aromatic rings. The lowest BCUT2D eigenvalue weighted by molar-refractivity contribution is 0.262. The molecule has 0 aliphatic carbocycles. The Morgan fingerprint density at radius 1 is 1.14 bits per heavy atom. The molecule has 0 atom stereocenters. The van der Waals surface area contributed by atoms with Crippen molar-refractivity contribution >= 4 is 17.7 Å². The Morgan fingerprint density at radius 2 is 1.77 bits per heavy atom. The first-order chi connectivity index (χ1) is 10.7. The second-order valence-corrected chi connectivity index (χ2v) is 4.22. The molecule has 116 valence electrons. The second-order valence-electron chi connectivity index (χ2n) is 4.22. The Labute approximate surface area is 127 Å². The molecule has 0 bridgehead atoms. The summed E-state index contributed by atoms with van der Waals surface area (Å²) in [7, 11) is 2.92. The first-order valence-corrected chi connectivity index (χ1v) is 6.49. The molecule has 1 aromatic carbocycles. The van der Waals surface area contributed by atoms with Gasteiger partial charge in [-0.2, -0.15) is 9.97 Å². The van der Waals surface area contributed by atoms with Crippen molar-refractivity contribution in [3.05, 3.63) is 35.9 Å². The maximum absolute atomic E-state index is 12.0. The van der Waals surface area contributed by atoms with E-state index in [0.717, 1.165) is 5.56 Å². The summed E-state index contributed by atoms with van der Waals surface area (Å²) in [5.41, 5.74) is 7.07. The maximum Gasteiger partial charge on any atom is 0.326 e. The summed E-state index contributed by atoms with van der Waals surface area (Å²) in [6.45, 7) is 0.319. The molecule has 22 heavy (non-hydrogen) atoms. The van der Waals surface area contributed by atoms with E-state index in [1.807, 2.05) is 12.1 Å². The van der Waals surface area contributed by atoms with Gasteiger partial charge in [0.05, 0.1) is 20.3 Å². The predicted octanol–water partition coefficient (Wildman–Crippen LogP) is 1.60. The van der Waals surface area contributed by atoms with Crippen LogP contribution in [0.25, 0.3) is 0 Å². The fraction of sp³-hybridized carbons (Fsp3) is 0.214. The second kappa shape index (κ2) is 7.23. The predicted molar refractivity (Wildman–Crippen MR) is 82.1 cm³/mol. The number of benzene rings is 1. The van der Waals surface area contributed by atoms with Crippen molar-refractivity contribution < 1.29 is 14.3 Å². The number of methoxy groups -OCH3 is 2. The molecule has 1 heterocycles. The zero-order valence-electron chi connectivity index (χ0n) is 12.3. The molecule has 0 spiro atoms. The van der Waals surface area contributed by atoms with E-state index in [4.69, 9.17) is 15.2 Å². The quantitative estimate of drug-likeness (QED) is 0.773. The average molecular weight is 303 g/mol. The van der Waals surface area contributed by atoms with Gasteiger partial charge in [-0.3, -0.25) is 5.32 Å². The van der Waals surface area contributed by atoms with Gasteiger partial charge in [0, 0.05) is 12.2 Å². The van der Waals surface area contributed by atoms with E-state index in [1.165, 1.54) is 20.3 Å². The highest BCUT2D eigenvalue weighted by atomic mass is 16.5. The SMILES string of the molecule is COc1cc(OC)nc(NC(=O)Nc2ccccc2CN)n1. The molecule has 0 aliphatic heterocycles. The molecular formula is C14H17N5O3. The summed E-state index contributed by atoms with van der Waals surface area (Å²) >= 11 is 0. The number of para-hydroxylation sites is 1. The smallest absolute Gasteiger partial charge is 0.326 e. The monoisotopic (exact) mass is 303 g/mol. The van der Waals surface area contributed by atoms with Crippen molar-refractivity contribution in [3.8, 4) is 11.8 Å². The number of carbonyl (C=O) groups excluding carboxylic acids is 1. The number of hydrogen-bond acceptors (Lipinski definition) is 6. The van der Waals surface area contributed by atoms with Crippen LogP contribution >= 0.6 is 0 Å². The molecule has 1 aromatic heterocycles. The third-order valence-corrected chi connectivity index (χ3v) is 2.81. The number of carbonyl (C=O) groups is 1. The molecule has 0 fully saturated rings. The first-order valence-electron chi connectivity index (χ1n) is 6.49. The van der Waals surface area contributed by atoms with Crippen molar-refractivity contribution in [1.82, 2.24) is 9.97 Å². The molecule has 0 saturated heterocycles. The van der Waals surface area contributed by atoms with Crippen molar-refractivity contribution in [2.24, 2.45) is 5.73 Å². The first kappa shape index (κ1) is 15.5. The van der Waals surface area contributed by atoms with Crippen LogP contribution in [0.1, 0.15) is 5.56 Å². The van der Waals surface area contributed by atoms with E-state index in [0.29, 0.717) is 12.2 Å². The maximum atomic E-state index is 12.0. The zero-order chi connectivity index (χ0) is 15.9. The molecule has 0 radical (unpaired) electrons. The molecule has 8 nitrogen and oxygen atoms in total. The van der Waals surface area contributed by atoms with Crippen molar-refractivity contribution in [3.63, 3.8) is 0 Å². The summed E-state index contributed by atoms with van der Waals surface area (Å²) in [5.74, 6) is 0.632. The van der Waals surface area contributed by atoms with Gasteiger partial charge in [0.15, 0.2) is 0 Å². The minimum absolute atomic E-state index is 0.0685. The molecule has 2 rings (SSSR count). The Kier molecular flexibility index (Phi) is 5.10. The van der Waals surface area contributed by atoms with Crippen LogP contribution in [0, 0.1) is 0 Å². The third kappa shape index (κ3) is 3.83. The van der Waals surface area contributed by atoms with Gasteiger partial charge in [-0.05, 0) is 11.6 Å². The highest BCUT2D eigenvalue weighted by Gasteiger charge is 2.10. The Hall–Kier alpha value is -2.87. The summed E-state index contributed by atoms with van der Waals surface area (Å²) in [4.78, 5) is 20.1. The normalized spacial score (nSPS) is 9.95. The van der Waals surface area contributed by atoms with Crippen molar-refractivity contribution in [1.29, 1.82) is 0 Å². The third-order valence-electron chi connectivity index (χ3n) is 2.81. The number of nitrogens with zero attached hydrogens (tertiary/aromatic N) is 2. The number of nitrogens with one attached hydrogen (secondary N) is 2. The molecule has 0 unspecified atom stereocenters. The number of aromatic nitrogens is 2. The Morgan fingerprint density at radius 3 is 2.36 bits per heavy atom. The van der Waals surface area contributed by atoms with Crippen LogP contribution in [0.5, 0.6) is 11.8 Å². The molecule has 0 aliphatic rings. The van der Waals surface area contributed by atoms with E-state index < -0.39 is 6.03 Å². The number of urea groups is 1. The molecule has 8 heteroatoms. The number of anilines is 2. The lowest BCUT2D eigenvalue weighted by Crippen LogP contribution is -2.22. The van der Waals surface area contributed by atoms with Gasteiger partial charge in [0.25, 0.3) is 0 Å². The highest BCUT2D eigenvalue weighted by Crippen LogP contribution is 2.18. The van der Waals surface area contributed by atoms with Crippen molar-refractivity contribution in [2.45, 2.75) is 6.54 Å². The fourth-order valence-corrected chi connectivity index (χ4v) is 1.74. The number of ether oxygens (including phenoxy) is 2. The molecular weight excluding hydrogens is 286 g/mol. The molecule has 2 amide bonds. The minimum atomic E-state index is -0.490. The number of rotatable bonds is 5. The lowest BCUT2D eigenvalue weighted by atomic mass is 10.2. The largest absolute Gasteiger partial charge is 0.481 e. The number of hydrogen-bond donors (Lipinski definition) is 3. The van der Waals surface area contributed by atoms with E-state index in [2.05, 4.69) is 20.6 Å². The van der Waals surface area contributed by atoms with Gasteiger partial charge < -0.3 is 20.5 Å². The van der Waals surface area contributed by atoms with Crippen LogP contribution in [0.15, 0.2) is 30.3 Å². The Balaban J connectivity index is 2.12. The molecule has 0 saturated carbocycles. The number of nitrogens with two attached hydrogens (primary N) is 1. The summed E-state index contributed by atoms with van der Waals surface area (Å²) in [6, 6.07) is 8.26.